The van der Waals surface area contributed by atoms with Crippen LogP contribution >= 0.6 is 0 Å². The first-order chi connectivity index (χ1) is 21.3. The van der Waals surface area contributed by atoms with Gasteiger partial charge in [-0.15, -0.1) is 0 Å². The molecule has 1 N–H and O–H groups in total. The zero-order valence-corrected chi connectivity index (χ0v) is 25.2. The van der Waals surface area contributed by atoms with Crippen molar-refractivity contribution in [3.63, 3.8) is 0 Å². The minimum atomic E-state index is -3.04. The number of carbonyl (C=O) groups is 2. The van der Waals surface area contributed by atoms with E-state index in [-0.39, 0.29) is 17.9 Å². The van der Waals surface area contributed by atoms with Gasteiger partial charge in [-0.05, 0) is 69.5 Å². The van der Waals surface area contributed by atoms with Crippen LogP contribution in [0, 0.1) is 0 Å². The number of benzene rings is 2. The summed E-state index contributed by atoms with van der Waals surface area (Å²) in [4.78, 5) is 37.3. The predicted octanol–water partition coefficient (Wildman–Crippen LogP) is 5.35. The molecule has 0 aliphatic carbocycles. The van der Waals surface area contributed by atoms with E-state index in [1.807, 2.05) is 21.6 Å². The van der Waals surface area contributed by atoms with E-state index >= 15 is 0 Å². The van der Waals surface area contributed by atoms with E-state index < -0.39 is 19.1 Å². The summed E-state index contributed by atoms with van der Waals surface area (Å²) >= 11 is 0. The number of likely N-dealkylation sites (tertiary alicyclic amines) is 2. The first-order valence-corrected chi connectivity index (χ1v) is 15.6. The number of hydrogen-bond donors (Lipinski definition) is 1. The monoisotopic (exact) mass is 606 g/mol. The van der Waals surface area contributed by atoms with Crippen LogP contribution in [0.3, 0.4) is 0 Å². The zero-order chi connectivity index (χ0) is 30.7. The Morgan fingerprint density at radius 1 is 1.05 bits per heavy atom. The molecule has 0 radical (unpaired) electrons. The molecule has 234 valence electrons. The maximum Gasteiger partial charge on any atom is 0.298 e. The van der Waals surface area contributed by atoms with E-state index in [2.05, 4.69) is 10.2 Å². The second-order valence-corrected chi connectivity index (χ2v) is 12.1. The molecule has 0 bridgehead atoms. The summed E-state index contributed by atoms with van der Waals surface area (Å²) in [6, 6.07) is 12.0. The van der Waals surface area contributed by atoms with E-state index in [1.54, 1.807) is 49.5 Å². The number of carbonyl (C=O) groups excluding carboxylic acids is 2. The zero-order valence-electron chi connectivity index (χ0n) is 25.2. The van der Waals surface area contributed by atoms with Crippen LogP contribution in [0.1, 0.15) is 54.9 Å². The number of rotatable bonds is 6. The second kappa shape index (κ2) is 12.9. The Kier molecular flexibility index (Phi) is 8.83. The summed E-state index contributed by atoms with van der Waals surface area (Å²) in [5, 5.41) is 2.98. The maximum atomic E-state index is 14.6. The molecule has 2 saturated heterocycles. The Morgan fingerprint density at radius 3 is 2.61 bits per heavy atom. The fourth-order valence-electron chi connectivity index (χ4n) is 6.58. The van der Waals surface area contributed by atoms with Crippen LogP contribution in [0.15, 0.2) is 54.6 Å². The number of aromatic nitrogens is 2. The van der Waals surface area contributed by atoms with Crippen LogP contribution in [0.5, 0.6) is 5.75 Å². The minimum absolute atomic E-state index is 0.0490. The highest BCUT2D eigenvalue weighted by atomic mass is 19.3. The number of anilines is 2. The lowest BCUT2D eigenvalue weighted by molar-refractivity contribution is -0.126. The molecule has 1 atom stereocenters. The summed E-state index contributed by atoms with van der Waals surface area (Å²) in [5.41, 5.74) is 2.12. The van der Waals surface area contributed by atoms with Gasteiger partial charge in [0.05, 0.1) is 23.6 Å². The Balaban J connectivity index is 1.36. The summed E-state index contributed by atoms with van der Waals surface area (Å²) < 4.78 is 36.8. The highest BCUT2D eigenvalue weighted by molar-refractivity contribution is 6.05. The first kappa shape index (κ1) is 30.1. The van der Waals surface area contributed by atoms with Crippen molar-refractivity contribution in [2.75, 3.05) is 63.1 Å². The number of fused-ring (bicyclic) bond motifs is 3. The molecule has 3 aromatic rings. The van der Waals surface area contributed by atoms with Crippen molar-refractivity contribution in [1.29, 1.82) is 0 Å². The van der Waals surface area contributed by atoms with Gasteiger partial charge in [0.25, 0.3) is 11.8 Å². The molecule has 3 aliphatic heterocycles. The van der Waals surface area contributed by atoms with Crippen LogP contribution < -0.4 is 15.0 Å². The number of nitrogens with one attached hydrogen (secondary N) is 1. The number of piperidine rings is 1. The highest BCUT2D eigenvalue weighted by Gasteiger charge is 2.38. The lowest BCUT2D eigenvalue weighted by atomic mass is 10.1. The predicted molar refractivity (Wildman–Crippen MR) is 167 cm³/mol. The first-order valence-electron chi connectivity index (χ1n) is 15.6. The number of ether oxygens (including phenoxy) is 1. The van der Waals surface area contributed by atoms with Crippen molar-refractivity contribution in [3.8, 4) is 5.75 Å². The van der Waals surface area contributed by atoms with Gasteiger partial charge < -0.3 is 19.1 Å². The quantitative estimate of drug-likeness (QED) is 0.381. The van der Waals surface area contributed by atoms with Crippen LogP contribution in [0.2, 0.25) is 0 Å². The number of hydrogen-bond acceptors (Lipinski definition) is 6. The van der Waals surface area contributed by atoms with Crippen molar-refractivity contribution in [2.24, 2.45) is 0 Å². The molecule has 1 unspecified atom stereocenters. The molecule has 2 amide bonds. The largest absolute Gasteiger partial charge is 0.485 e. The highest BCUT2D eigenvalue weighted by Crippen LogP contribution is 2.43. The van der Waals surface area contributed by atoms with E-state index in [9.17, 15) is 18.4 Å². The van der Waals surface area contributed by atoms with Crippen molar-refractivity contribution >= 4 is 34.5 Å². The smallest absolute Gasteiger partial charge is 0.298 e. The summed E-state index contributed by atoms with van der Waals surface area (Å²) in [6.07, 6.45) is 9.71. The number of imidazole rings is 1. The average molecular weight is 607 g/mol. The minimum Gasteiger partial charge on any atom is -0.485 e. The molecule has 9 nitrogen and oxygen atoms in total. The van der Waals surface area contributed by atoms with Gasteiger partial charge in [-0.1, -0.05) is 30.7 Å². The topological polar surface area (TPSA) is 82.9 Å². The van der Waals surface area contributed by atoms with Crippen molar-refractivity contribution in [2.45, 2.75) is 50.5 Å². The van der Waals surface area contributed by atoms with Gasteiger partial charge in [0.1, 0.15) is 11.4 Å². The Hall–Kier alpha value is -3.99. The molecule has 44 heavy (non-hydrogen) atoms. The third kappa shape index (κ3) is 6.57. The third-order valence-corrected chi connectivity index (χ3v) is 8.73. The Labute approximate surface area is 256 Å². The van der Waals surface area contributed by atoms with Crippen molar-refractivity contribution < 1.29 is 23.1 Å². The Bertz CT molecular complexity index is 1520. The maximum absolute atomic E-state index is 14.6. The molecule has 0 spiro atoms. The number of halogens is 2. The lowest BCUT2D eigenvalue weighted by Gasteiger charge is -2.28. The third-order valence-electron chi connectivity index (χ3n) is 8.73. The van der Waals surface area contributed by atoms with Gasteiger partial charge in [0.15, 0.2) is 6.61 Å². The van der Waals surface area contributed by atoms with Gasteiger partial charge in [-0.25, -0.2) is 13.8 Å². The number of alkyl halides is 2. The molecular formula is C33H40F2N6O3. The SMILES string of the molecule is CN1CC(F)(F)COc2ccc3nc(NC(=O)c4ccccc4)n(C4CCCCN(C(=O)C=CCN5CCCCC5)C4)c3c21. The average Bonchev–Trinajstić information content (AvgIpc) is 3.13. The fraction of sp³-hybridized carbons (Fsp3) is 0.485. The van der Waals surface area contributed by atoms with Gasteiger partial charge in [0, 0.05) is 38.3 Å². The van der Waals surface area contributed by atoms with Crippen LogP contribution in [0.4, 0.5) is 20.4 Å². The second-order valence-electron chi connectivity index (χ2n) is 12.1. The molecule has 2 fully saturated rings. The van der Waals surface area contributed by atoms with Crippen molar-refractivity contribution in [3.05, 3.63) is 60.2 Å². The molecule has 3 aliphatic rings. The summed E-state index contributed by atoms with van der Waals surface area (Å²) in [7, 11) is 1.62. The van der Waals surface area contributed by atoms with Gasteiger partial charge >= 0.3 is 0 Å². The van der Waals surface area contributed by atoms with E-state index in [0.29, 0.717) is 47.1 Å². The van der Waals surface area contributed by atoms with Crippen molar-refractivity contribution in [1.82, 2.24) is 19.4 Å². The molecule has 6 rings (SSSR count). The molecule has 0 saturated carbocycles. The van der Waals surface area contributed by atoms with Gasteiger partial charge in [0.2, 0.25) is 11.9 Å². The standard InChI is InChI=1S/C33H40F2N6O3/c1-38-22-33(34,35)23-44-27-16-15-26-29(30(27)38)41(32(36-26)37-31(43)24-11-4-2-5-12-24)25-13-6-9-20-40(21-25)28(42)14-10-19-39-17-7-3-8-18-39/h2,4-5,10-12,14-16,25H,3,6-9,13,17-23H2,1H3,(H,36,37,43). The van der Waals surface area contributed by atoms with Gasteiger partial charge in [-0.2, -0.15) is 0 Å². The fourth-order valence-corrected chi connectivity index (χ4v) is 6.58. The summed E-state index contributed by atoms with van der Waals surface area (Å²) in [5.74, 6) is -2.77. The lowest BCUT2D eigenvalue weighted by Crippen LogP contribution is -2.37. The molecule has 2 aromatic carbocycles. The molecule has 11 heteroatoms. The van der Waals surface area contributed by atoms with Gasteiger partial charge in [-0.3, -0.25) is 19.8 Å². The molecular weight excluding hydrogens is 566 g/mol. The van der Waals surface area contributed by atoms with E-state index in [4.69, 9.17) is 9.72 Å². The van der Waals surface area contributed by atoms with Crippen LogP contribution in [-0.2, 0) is 4.79 Å². The number of amides is 2. The molecule has 1 aromatic heterocycles. The van der Waals surface area contributed by atoms with Crippen LogP contribution in [-0.4, -0.2) is 90.0 Å². The summed E-state index contributed by atoms with van der Waals surface area (Å²) in [6.45, 7) is 2.65. The normalized spacial score (nSPS) is 21.0. The number of nitrogens with zero attached hydrogens (tertiary/aromatic N) is 5. The molecule has 4 heterocycles. The van der Waals surface area contributed by atoms with E-state index in [1.165, 1.54) is 24.2 Å². The Morgan fingerprint density at radius 2 is 1.82 bits per heavy atom. The van der Waals surface area contributed by atoms with Crippen LogP contribution in [0.25, 0.3) is 11.0 Å². The van der Waals surface area contributed by atoms with E-state index in [0.717, 1.165) is 38.9 Å².